The summed E-state index contributed by atoms with van der Waals surface area (Å²) in [5.74, 6) is -3.85. The van der Waals surface area contributed by atoms with E-state index in [4.69, 9.17) is 28.2 Å². The van der Waals surface area contributed by atoms with Gasteiger partial charge in [-0.25, -0.2) is 9.59 Å². The highest BCUT2D eigenvalue weighted by Gasteiger charge is 2.48. The number of hydrogen-bond donors (Lipinski definition) is 5. The second-order valence-electron chi connectivity index (χ2n) is 8.29. The lowest BCUT2D eigenvalue weighted by Crippen LogP contribution is -2.60. The maximum Gasteiger partial charge on any atom is 0.342 e. The normalized spacial score (nSPS) is 27.8. The number of aliphatic carboxylic acids is 1. The first kappa shape index (κ1) is 22.3. The van der Waals surface area contributed by atoms with Gasteiger partial charge in [-0.1, -0.05) is 11.6 Å². The van der Waals surface area contributed by atoms with Crippen molar-refractivity contribution < 1.29 is 63.0 Å². The number of hydrogen-bond acceptors (Lipinski definition) is 11. The van der Waals surface area contributed by atoms with Crippen molar-refractivity contribution in [3.05, 3.63) is 33.9 Å². The number of aromatic hydroxyl groups is 1. The van der Waals surface area contributed by atoms with Gasteiger partial charge in [0.15, 0.2) is 6.10 Å². The van der Waals surface area contributed by atoms with Crippen LogP contribution in [0.25, 0.3) is 0 Å². The molecule has 2 aliphatic heterocycles. The van der Waals surface area contributed by atoms with E-state index >= 15 is 0 Å². The molecule has 0 spiro atoms. The average Bonchev–Trinajstić information content (AvgIpc) is 3.21. The Morgan fingerprint density at radius 3 is 2.57 bits per heavy atom. The Morgan fingerprint density at radius 2 is 1.91 bits per heavy atom. The van der Waals surface area contributed by atoms with E-state index in [1.165, 1.54) is 0 Å². The first-order valence-electron chi connectivity index (χ1n) is 12.1. The van der Waals surface area contributed by atoms with Crippen LogP contribution in [-0.2, 0) is 36.8 Å². The summed E-state index contributed by atoms with van der Waals surface area (Å²) in [6, 6.07) is 0. The maximum absolute atomic E-state index is 12.3. The third-order valence-electron chi connectivity index (χ3n) is 5.98. The predicted molar refractivity (Wildman–Crippen MR) is 116 cm³/mol. The monoisotopic (exact) mass is 499 g/mol. The minimum atomic E-state index is -2.83. The van der Waals surface area contributed by atoms with Gasteiger partial charge in [0, 0.05) is 17.5 Å². The summed E-state index contributed by atoms with van der Waals surface area (Å²) in [4.78, 5) is 35.5. The van der Waals surface area contributed by atoms with Crippen molar-refractivity contribution in [1.82, 2.24) is 0 Å². The Labute approximate surface area is 204 Å². The van der Waals surface area contributed by atoms with Gasteiger partial charge < -0.3 is 44.5 Å². The molecule has 0 radical (unpaired) electrons. The zero-order valence-electron chi connectivity index (χ0n) is 21.9. The molecule has 35 heavy (non-hydrogen) atoms. The van der Waals surface area contributed by atoms with Crippen molar-refractivity contribution in [2.45, 2.75) is 70.4 Å². The second-order valence-corrected chi connectivity index (χ2v) is 8.29. The molecular formula is C23H28O12. The fourth-order valence-electron chi connectivity index (χ4n) is 3.91. The molecule has 0 saturated carbocycles. The van der Waals surface area contributed by atoms with E-state index in [0.717, 1.165) is 0 Å². The van der Waals surface area contributed by atoms with Crippen molar-refractivity contribution in [1.29, 1.82) is 0 Å². The number of ether oxygens (including phenoxy) is 4. The highest BCUT2D eigenvalue weighted by atomic mass is 16.7. The Balaban J connectivity index is 1.70. The molecule has 0 amide bonds. The molecule has 12 nitrogen and oxygen atoms in total. The minimum absolute atomic E-state index is 0.0455. The number of carbonyl (C=O) groups is 3. The summed E-state index contributed by atoms with van der Waals surface area (Å²) in [6.07, 6.45) is -8.11. The van der Waals surface area contributed by atoms with Gasteiger partial charge in [0.25, 0.3) is 0 Å². The topological polar surface area (TPSA) is 189 Å². The lowest BCUT2D eigenvalue weighted by molar-refractivity contribution is -0.286. The fraction of sp³-hybridized carbons (Fsp3) is 0.522. The molecule has 12 heteroatoms. The number of esters is 2. The van der Waals surface area contributed by atoms with Gasteiger partial charge in [-0.15, -0.1) is 0 Å². The zero-order valence-corrected chi connectivity index (χ0v) is 18.9. The first-order chi connectivity index (χ1) is 17.6. The van der Waals surface area contributed by atoms with Crippen molar-refractivity contribution in [3.8, 4) is 11.5 Å². The Hall–Kier alpha value is -3.19. The molecule has 5 N–H and O–H groups in total. The number of allylic oxidation sites excluding steroid dienone is 2. The van der Waals surface area contributed by atoms with E-state index < -0.39 is 61.4 Å². The standard InChI is InChI=1S/C23H28O12/c1-9(4-6-11-15(25)14-12(8-33-22(14)31)10(2)19(11)32-3)5-7-13(24)34-23-18(28)16(26)17(27)20(35-23)21(29)30/h4,16-18,20,23,25-28H,5-8H2,1-3H3,(H,29,30)/b9-4+/t16-,17-,18+,20-,23+/m0/s1/i3D3. The van der Waals surface area contributed by atoms with E-state index in [1.807, 2.05) is 0 Å². The third kappa shape index (κ3) is 5.25. The summed E-state index contributed by atoms with van der Waals surface area (Å²) in [5, 5.41) is 49.3. The van der Waals surface area contributed by atoms with Gasteiger partial charge in [0.05, 0.1) is 11.2 Å². The van der Waals surface area contributed by atoms with Crippen molar-refractivity contribution in [2.75, 3.05) is 7.04 Å². The predicted octanol–water partition coefficient (Wildman–Crippen LogP) is 0.0840. The number of carbonyl (C=O) groups excluding carboxylic acids is 2. The van der Waals surface area contributed by atoms with Crippen LogP contribution < -0.4 is 4.74 Å². The van der Waals surface area contributed by atoms with Crippen molar-refractivity contribution in [2.24, 2.45) is 0 Å². The lowest BCUT2D eigenvalue weighted by Gasteiger charge is -2.37. The molecule has 3 rings (SSSR count). The molecule has 2 heterocycles. The van der Waals surface area contributed by atoms with Gasteiger partial charge in [-0.05, 0) is 32.3 Å². The van der Waals surface area contributed by atoms with E-state index in [0.29, 0.717) is 16.7 Å². The van der Waals surface area contributed by atoms with E-state index in [2.05, 4.69) is 0 Å². The molecule has 1 aromatic rings. The summed E-state index contributed by atoms with van der Waals surface area (Å²) in [6.45, 7) is 3.05. The summed E-state index contributed by atoms with van der Waals surface area (Å²) in [7, 11) is -2.83. The van der Waals surface area contributed by atoms with Crippen LogP contribution in [0, 0.1) is 6.92 Å². The van der Waals surface area contributed by atoms with Crippen LogP contribution in [0.15, 0.2) is 11.6 Å². The Morgan fingerprint density at radius 1 is 1.20 bits per heavy atom. The van der Waals surface area contributed by atoms with E-state index in [-0.39, 0.29) is 42.7 Å². The maximum atomic E-state index is 12.3. The quantitative estimate of drug-likeness (QED) is 0.240. The summed E-state index contributed by atoms with van der Waals surface area (Å²) >= 11 is 0. The minimum Gasteiger partial charge on any atom is -0.507 e. The summed E-state index contributed by atoms with van der Waals surface area (Å²) < 4.78 is 42.3. The largest absolute Gasteiger partial charge is 0.507 e. The number of rotatable bonds is 8. The smallest absolute Gasteiger partial charge is 0.342 e. The number of benzene rings is 1. The van der Waals surface area contributed by atoms with E-state index in [1.54, 1.807) is 19.9 Å². The van der Waals surface area contributed by atoms with Crippen LogP contribution in [0.4, 0.5) is 0 Å². The number of carboxylic acids is 1. The molecule has 1 aromatic carbocycles. The number of phenolic OH excluding ortho intramolecular Hbond substituents is 1. The van der Waals surface area contributed by atoms with Gasteiger partial charge >= 0.3 is 17.9 Å². The number of methoxy groups -OCH3 is 1. The van der Waals surface area contributed by atoms with Crippen molar-refractivity contribution >= 4 is 17.9 Å². The molecular weight excluding hydrogens is 468 g/mol. The highest BCUT2D eigenvalue weighted by molar-refractivity contribution is 5.98. The number of aliphatic hydroxyl groups excluding tert-OH is 3. The van der Waals surface area contributed by atoms with Gasteiger partial charge in [-0.2, -0.15) is 0 Å². The van der Waals surface area contributed by atoms with Crippen molar-refractivity contribution in [3.63, 3.8) is 0 Å². The molecule has 0 aromatic heterocycles. The molecule has 1 saturated heterocycles. The lowest BCUT2D eigenvalue weighted by atomic mass is 9.94. The highest BCUT2D eigenvalue weighted by Crippen LogP contribution is 2.42. The van der Waals surface area contributed by atoms with E-state index in [9.17, 15) is 34.8 Å². The molecule has 192 valence electrons. The molecule has 0 bridgehead atoms. The molecule has 5 atom stereocenters. The number of phenols is 1. The molecule has 2 aliphatic rings. The molecule has 1 fully saturated rings. The third-order valence-corrected chi connectivity index (χ3v) is 5.98. The second kappa shape index (κ2) is 10.6. The number of carboxylic acid groups (broad SMARTS) is 1. The number of fused-ring (bicyclic) bond motifs is 1. The zero-order chi connectivity index (χ0) is 28.5. The van der Waals surface area contributed by atoms with Crippen LogP contribution in [0.5, 0.6) is 11.5 Å². The first-order valence-corrected chi connectivity index (χ1v) is 10.6. The van der Waals surface area contributed by atoms with Crippen LogP contribution in [0.1, 0.15) is 50.9 Å². The van der Waals surface area contributed by atoms with Gasteiger partial charge in [-0.3, -0.25) is 4.79 Å². The Bertz CT molecular complexity index is 1150. The van der Waals surface area contributed by atoms with Crippen LogP contribution >= 0.6 is 0 Å². The SMILES string of the molecule is [2H]C([2H])([2H])Oc1c(C)c2c(c(O)c1C/C=C(\C)CCC(=O)O[C@@H]1O[C@H](C(=O)O)[C@@H](O)[C@H](O)[C@H]1O)C(=O)OC2. The number of cyclic esters (lactones) is 1. The van der Waals surface area contributed by atoms with Crippen LogP contribution in [0.3, 0.4) is 0 Å². The summed E-state index contributed by atoms with van der Waals surface area (Å²) in [5.41, 5.74) is 1.23. The fourth-order valence-corrected chi connectivity index (χ4v) is 3.91. The molecule has 0 unspecified atom stereocenters. The van der Waals surface area contributed by atoms with Crippen LogP contribution in [0.2, 0.25) is 0 Å². The van der Waals surface area contributed by atoms with Gasteiger partial charge in [0.2, 0.25) is 6.29 Å². The van der Waals surface area contributed by atoms with Gasteiger partial charge in [0.1, 0.15) is 42.0 Å². The molecule has 0 aliphatic carbocycles. The van der Waals surface area contributed by atoms with Crippen LogP contribution in [-0.4, -0.2) is 81.2 Å². The average molecular weight is 499 g/mol. The number of aliphatic hydroxyl groups is 3. The Kier molecular flexibility index (Phi) is 6.75.